The summed E-state index contributed by atoms with van der Waals surface area (Å²) in [6.07, 6.45) is 1.63. The molecule has 0 saturated heterocycles. The maximum absolute atomic E-state index is 12.7. The Morgan fingerprint density at radius 1 is 1.05 bits per heavy atom. The third-order valence-corrected chi connectivity index (χ3v) is 2.97. The van der Waals surface area contributed by atoms with Crippen LogP contribution in [0.5, 0.6) is 5.75 Å². The van der Waals surface area contributed by atoms with Gasteiger partial charge in [-0.3, -0.25) is 4.79 Å². The van der Waals surface area contributed by atoms with Crippen molar-refractivity contribution in [2.45, 2.75) is 12.8 Å². The molecule has 20 heavy (non-hydrogen) atoms. The highest BCUT2D eigenvalue weighted by Gasteiger charge is 2.04. The molecule has 2 aromatic carbocycles. The van der Waals surface area contributed by atoms with E-state index in [1.54, 1.807) is 12.1 Å². The van der Waals surface area contributed by atoms with Crippen LogP contribution in [0.3, 0.4) is 0 Å². The molecule has 2 aromatic rings. The standard InChI is InChI=1S/C16H16FNO2/c17-14-7-5-13(6-8-14)16(20)18-11-1-2-12-3-9-15(19)10-4-12/h3-10,19H,1-2,11H2,(H,18,20). The minimum absolute atomic E-state index is 0.198. The van der Waals surface area contributed by atoms with Crippen LogP contribution < -0.4 is 5.32 Å². The van der Waals surface area contributed by atoms with Gasteiger partial charge in [0.25, 0.3) is 5.91 Å². The number of amides is 1. The second-order valence-electron chi connectivity index (χ2n) is 4.53. The number of phenols is 1. The monoisotopic (exact) mass is 273 g/mol. The molecule has 1 amide bonds. The van der Waals surface area contributed by atoms with Crippen molar-refractivity contribution in [3.63, 3.8) is 0 Å². The fourth-order valence-electron chi connectivity index (χ4n) is 1.86. The van der Waals surface area contributed by atoms with Crippen LogP contribution in [0.15, 0.2) is 48.5 Å². The predicted octanol–water partition coefficient (Wildman–Crippen LogP) is 2.89. The molecule has 0 aliphatic heterocycles. The highest BCUT2D eigenvalue weighted by Crippen LogP contribution is 2.10. The summed E-state index contributed by atoms with van der Waals surface area (Å²) in [4.78, 5) is 11.7. The van der Waals surface area contributed by atoms with Crippen molar-refractivity contribution in [2.24, 2.45) is 0 Å². The van der Waals surface area contributed by atoms with Gasteiger partial charge in [-0.05, 0) is 54.8 Å². The average molecular weight is 273 g/mol. The Kier molecular flexibility index (Phi) is 4.71. The van der Waals surface area contributed by atoms with E-state index >= 15 is 0 Å². The molecule has 0 spiro atoms. The van der Waals surface area contributed by atoms with E-state index in [9.17, 15) is 9.18 Å². The fraction of sp³-hybridized carbons (Fsp3) is 0.188. The highest BCUT2D eigenvalue weighted by molar-refractivity contribution is 5.94. The van der Waals surface area contributed by atoms with Gasteiger partial charge in [-0.1, -0.05) is 12.1 Å². The Morgan fingerprint density at radius 2 is 1.70 bits per heavy atom. The molecule has 0 bridgehead atoms. The van der Waals surface area contributed by atoms with Crippen molar-refractivity contribution >= 4 is 5.91 Å². The Morgan fingerprint density at radius 3 is 2.35 bits per heavy atom. The number of halogens is 1. The lowest BCUT2D eigenvalue weighted by Gasteiger charge is -2.05. The molecule has 0 aromatic heterocycles. The predicted molar refractivity (Wildman–Crippen MR) is 75.2 cm³/mol. The van der Waals surface area contributed by atoms with Crippen LogP contribution in [0.25, 0.3) is 0 Å². The first-order valence-electron chi connectivity index (χ1n) is 6.47. The van der Waals surface area contributed by atoms with Gasteiger partial charge in [-0.25, -0.2) is 4.39 Å². The topological polar surface area (TPSA) is 49.3 Å². The van der Waals surface area contributed by atoms with Crippen LogP contribution in [0.1, 0.15) is 22.3 Å². The minimum Gasteiger partial charge on any atom is -0.508 e. The van der Waals surface area contributed by atoms with Crippen LogP contribution in [0.2, 0.25) is 0 Å². The van der Waals surface area contributed by atoms with Crippen molar-refractivity contribution in [1.82, 2.24) is 5.32 Å². The van der Waals surface area contributed by atoms with Gasteiger partial charge in [0, 0.05) is 12.1 Å². The van der Waals surface area contributed by atoms with Gasteiger partial charge in [0.1, 0.15) is 11.6 Å². The summed E-state index contributed by atoms with van der Waals surface area (Å²) in [5.74, 6) is -0.303. The average Bonchev–Trinajstić information content (AvgIpc) is 2.46. The third-order valence-electron chi connectivity index (χ3n) is 2.97. The van der Waals surface area contributed by atoms with Gasteiger partial charge in [-0.15, -0.1) is 0 Å². The largest absolute Gasteiger partial charge is 0.508 e. The number of benzene rings is 2. The molecule has 3 nitrogen and oxygen atoms in total. The maximum Gasteiger partial charge on any atom is 0.251 e. The zero-order valence-electron chi connectivity index (χ0n) is 11.0. The van der Waals surface area contributed by atoms with Crippen molar-refractivity contribution in [3.05, 3.63) is 65.5 Å². The summed E-state index contributed by atoms with van der Waals surface area (Å²) in [6, 6.07) is 12.5. The van der Waals surface area contributed by atoms with E-state index in [0.29, 0.717) is 12.1 Å². The molecule has 0 aliphatic rings. The number of aryl methyl sites for hydroxylation is 1. The Bertz CT molecular complexity index is 564. The van der Waals surface area contributed by atoms with E-state index in [1.165, 1.54) is 24.3 Å². The van der Waals surface area contributed by atoms with Crippen molar-refractivity contribution in [2.75, 3.05) is 6.54 Å². The number of nitrogens with one attached hydrogen (secondary N) is 1. The quantitative estimate of drug-likeness (QED) is 0.823. The molecule has 2 N–H and O–H groups in total. The first kappa shape index (κ1) is 14.1. The second kappa shape index (κ2) is 6.70. The SMILES string of the molecule is O=C(NCCCc1ccc(O)cc1)c1ccc(F)cc1. The molecule has 0 radical (unpaired) electrons. The number of hydrogen-bond donors (Lipinski definition) is 2. The summed E-state index contributed by atoms with van der Waals surface area (Å²) in [6.45, 7) is 0.553. The Hall–Kier alpha value is -2.36. The first-order valence-corrected chi connectivity index (χ1v) is 6.47. The van der Waals surface area contributed by atoms with Gasteiger partial charge in [-0.2, -0.15) is 0 Å². The van der Waals surface area contributed by atoms with Crippen molar-refractivity contribution < 1.29 is 14.3 Å². The molecule has 0 saturated carbocycles. The highest BCUT2D eigenvalue weighted by atomic mass is 19.1. The van der Waals surface area contributed by atoms with Crippen LogP contribution in [-0.4, -0.2) is 17.6 Å². The Balaban J connectivity index is 1.74. The summed E-state index contributed by atoms with van der Waals surface area (Å²) in [7, 11) is 0. The van der Waals surface area contributed by atoms with E-state index in [-0.39, 0.29) is 17.5 Å². The van der Waals surface area contributed by atoms with E-state index in [1.807, 2.05) is 12.1 Å². The zero-order valence-corrected chi connectivity index (χ0v) is 11.0. The minimum atomic E-state index is -0.353. The van der Waals surface area contributed by atoms with E-state index < -0.39 is 0 Å². The van der Waals surface area contributed by atoms with E-state index in [2.05, 4.69) is 5.32 Å². The lowest BCUT2D eigenvalue weighted by molar-refractivity contribution is 0.0953. The molecule has 0 fully saturated rings. The van der Waals surface area contributed by atoms with Gasteiger partial charge in [0.05, 0.1) is 0 Å². The smallest absolute Gasteiger partial charge is 0.251 e. The maximum atomic E-state index is 12.7. The number of aromatic hydroxyl groups is 1. The van der Waals surface area contributed by atoms with Crippen molar-refractivity contribution in [3.8, 4) is 5.75 Å². The second-order valence-corrected chi connectivity index (χ2v) is 4.53. The molecule has 104 valence electrons. The lowest BCUT2D eigenvalue weighted by atomic mass is 10.1. The van der Waals surface area contributed by atoms with E-state index in [4.69, 9.17) is 5.11 Å². The molecule has 2 rings (SSSR count). The molecule has 0 aliphatic carbocycles. The van der Waals surface area contributed by atoms with Crippen LogP contribution in [-0.2, 0) is 6.42 Å². The molecule has 0 heterocycles. The first-order chi connectivity index (χ1) is 9.65. The number of phenolic OH excluding ortho intramolecular Hbond substituents is 1. The number of rotatable bonds is 5. The molecule has 0 unspecified atom stereocenters. The number of carbonyl (C=O) groups excluding carboxylic acids is 1. The number of hydrogen-bond acceptors (Lipinski definition) is 2. The summed E-state index contributed by atoms with van der Waals surface area (Å²) < 4.78 is 12.7. The summed E-state index contributed by atoms with van der Waals surface area (Å²) >= 11 is 0. The lowest BCUT2D eigenvalue weighted by Crippen LogP contribution is -2.24. The third kappa shape index (κ3) is 4.09. The van der Waals surface area contributed by atoms with Crippen molar-refractivity contribution in [1.29, 1.82) is 0 Å². The molecule has 4 heteroatoms. The molecular weight excluding hydrogens is 257 g/mol. The fourth-order valence-corrected chi connectivity index (χ4v) is 1.86. The van der Waals surface area contributed by atoms with Crippen LogP contribution >= 0.6 is 0 Å². The zero-order chi connectivity index (χ0) is 14.4. The van der Waals surface area contributed by atoms with E-state index in [0.717, 1.165) is 18.4 Å². The summed E-state index contributed by atoms with van der Waals surface area (Å²) in [5.41, 5.74) is 1.56. The van der Waals surface area contributed by atoms with Gasteiger partial charge in [0.15, 0.2) is 0 Å². The molecule has 0 atom stereocenters. The summed E-state index contributed by atoms with van der Waals surface area (Å²) in [5, 5.41) is 12.0. The Labute approximate surface area is 117 Å². The number of carbonyl (C=O) groups is 1. The molecular formula is C16H16FNO2. The van der Waals surface area contributed by atoms with Crippen LogP contribution in [0, 0.1) is 5.82 Å². The van der Waals surface area contributed by atoms with Gasteiger partial charge < -0.3 is 10.4 Å². The van der Waals surface area contributed by atoms with Crippen LogP contribution in [0.4, 0.5) is 4.39 Å². The van der Waals surface area contributed by atoms with Gasteiger partial charge in [0.2, 0.25) is 0 Å². The normalized spacial score (nSPS) is 10.2. The van der Waals surface area contributed by atoms with Gasteiger partial charge >= 0.3 is 0 Å².